The van der Waals surface area contributed by atoms with Crippen LogP contribution in [0.2, 0.25) is 0 Å². The number of non-ortho nitro benzene ring substituents is 1. The number of nitro groups is 1. The van der Waals surface area contributed by atoms with Gasteiger partial charge in [0.05, 0.1) is 23.0 Å². The van der Waals surface area contributed by atoms with Crippen molar-refractivity contribution in [3.63, 3.8) is 0 Å². The summed E-state index contributed by atoms with van der Waals surface area (Å²) in [7, 11) is 0. The van der Waals surface area contributed by atoms with Crippen LogP contribution in [0.25, 0.3) is 0 Å². The van der Waals surface area contributed by atoms with Crippen molar-refractivity contribution in [1.82, 2.24) is 0 Å². The zero-order chi connectivity index (χ0) is 15.2. The third-order valence-electron chi connectivity index (χ3n) is 2.81. The minimum atomic E-state index is -0.486. The molecule has 2 aromatic carbocycles. The van der Waals surface area contributed by atoms with Crippen LogP contribution in [0.15, 0.2) is 48.5 Å². The Kier molecular flexibility index (Phi) is 4.26. The number of carbonyl (C=O) groups is 1. The zero-order valence-electron chi connectivity index (χ0n) is 10.9. The SMILES string of the molecule is N#Cc1ccc(NC(=O)Cc2ccc([N+](=O)[O-])cc2)cc1. The van der Waals surface area contributed by atoms with Crippen LogP contribution in [-0.4, -0.2) is 10.8 Å². The second-order valence-electron chi connectivity index (χ2n) is 4.34. The highest BCUT2D eigenvalue weighted by Gasteiger charge is 2.07. The number of anilines is 1. The van der Waals surface area contributed by atoms with Crippen LogP contribution in [0, 0.1) is 21.4 Å². The van der Waals surface area contributed by atoms with Gasteiger partial charge in [-0.3, -0.25) is 14.9 Å². The third-order valence-corrected chi connectivity index (χ3v) is 2.81. The molecule has 104 valence electrons. The average Bonchev–Trinajstić information content (AvgIpc) is 2.48. The maximum atomic E-state index is 11.8. The van der Waals surface area contributed by atoms with Crippen molar-refractivity contribution < 1.29 is 9.72 Å². The van der Waals surface area contributed by atoms with Crippen LogP contribution in [0.3, 0.4) is 0 Å². The highest BCUT2D eigenvalue weighted by molar-refractivity contribution is 5.92. The van der Waals surface area contributed by atoms with Gasteiger partial charge in [0.1, 0.15) is 0 Å². The molecule has 1 N–H and O–H groups in total. The number of nitrogens with one attached hydrogen (secondary N) is 1. The molecule has 0 bridgehead atoms. The van der Waals surface area contributed by atoms with Gasteiger partial charge in [-0.05, 0) is 29.8 Å². The minimum absolute atomic E-state index is 0.00810. The lowest BCUT2D eigenvalue weighted by atomic mass is 10.1. The maximum Gasteiger partial charge on any atom is 0.269 e. The number of hydrogen-bond donors (Lipinski definition) is 1. The van der Waals surface area contributed by atoms with E-state index in [4.69, 9.17) is 5.26 Å². The lowest BCUT2D eigenvalue weighted by Crippen LogP contribution is -2.14. The Hall–Kier alpha value is -3.20. The first-order valence-corrected chi connectivity index (χ1v) is 6.12. The first-order valence-electron chi connectivity index (χ1n) is 6.12. The molecule has 0 aromatic heterocycles. The Labute approximate surface area is 120 Å². The Morgan fingerprint density at radius 2 is 1.76 bits per heavy atom. The molecule has 0 saturated heterocycles. The second-order valence-corrected chi connectivity index (χ2v) is 4.34. The lowest BCUT2D eigenvalue weighted by Gasteiger charge is -2.05. The van der Waals surface area contributed by atoms with Crippen LogP contribution in [0.5, 0.6) is 0 Å². The molecule has 6 heteroatoms. The van der Waals surface area contributed by atoms with Gasteiger partial charge in [-0.15, -0.1) is 0 Å². The Bertz CT molecular complexity index is 700. The molecule has 0 heterocycles. The number of hydrogen-bond acceptors (Lipinski definition) is 4. The van der Waals surface area contributed by atoms with Crippen molar-refractivity contribution in [3.8, 4) is 6.07 Å². The average molecular weight is 281 g/mol. The predicted molar refractivity (Wildman–Crippen MR) is 76.6 cm³/mol. The van der Waals surface area contributed by atoms with Gasteiger partial charge in [0.2, 0.25) is 5.91 Å². The monoisotopic (exact) mass is 281 g/mol. The largest absolute Gasteiger partial charge is 0.326 e. The van der Waals surface area contributed by atoms with Crippen LogP contribution < -0.4 is 5.32 Å². The summed E-state index contributed by atoms with van der Waals surface area (Å²) in [5.74, 6) is -0.228. The Morgan fingerprint density at radius 1 is 1.14 bits per heavy atom. The number of nitrogens with zero attached hydrogens (tertiary/aromatic N) is 2. The molecule has 2 aromatic rings. The molecule has 0 unspecified atom stereocenters. The molecule has 2 rings (SSSR count). The second kappa shape index (κ2) is 6.30. The summed E-state index contributed by atoms with van der Waals surface area (Å²) in [5.41, 5.74) is 1.79. The first-order chi connectivity index (χ1) is 10.1. The van der Waals surface area contributed by atoms with Gasteiger partial charge in [0.15, 0.2) is 0 Å². The summed E-state index contributed by atoms with van der Waals surface area (Å²) in [6, 6.07) is 14.3. The standard InChI is InChI=1S/C15H11N3O3/c16-10-12-1-5-13(6-2-12)17-15(19)9-11-3-7-14(8-4-11)18(20)21/h1-8H,9H2,(H,17,19). The number of carbonyl (C=O) groups excluding carboxylic acids is 1. The quantitative estimate of drug-likeness (QED) is 0.688. The lowest BCUT2D eigenvalue weighted by molar-refractivity contribution is -0.384. The smallest absolute Gasteiger partial charge is 0.269 e. The van der Waals surface area contributed by atoms with Crippen LogP contribution >= 0.6 is 0 Å². The molecule has 21 heavy (non-hydrogen) atoms. The van der Waals surface area contributed by atoms with Gasteiger partial charge in [-0.25, -0.2) is 0 Å². The van der Waals surface area contributed by atoms with E-state index in [0.29, 0.717) is 16.8 Å². The van der Waals surface area contributed by atoms with Gasteiger partial charge in [0.25, 0.3) is 5.69 Å². The molecular formula is C15H11N3O3. The Morgan fingerprint density at radius 3 is 2.29 bits per heavy atom. The molecule has 6 nitrogen and oxygen atoms in total. The molecule has 0 radical (unpaired) electrons. The van der Waals surface area contributed by atoms with Gasteiger partial charge < -0.3 is 5.32 Å². The van der Waals surface area contributed by atoms with E-state index in [1.807, 2.05) is 6.07 Å². The van der Waals surface area contributed by atoms with Crippen molar-refractivity contribution in [3.05, 3.63) is 69.8 Å². The van der Waals surface area contributed by atoms with Crippen LogP contribution in [0.4, 0.5) is 11.4 Å². The van der Waals surface area contributed by atoms with Gasteiger partial charge in [-0.2, -0.15) is 5.26 Å². The zero-order valence-corrected chi connectivity index (χ0v) is 10.9. The first kappa shape index (κ1) is 14.2. The van der Waals surface area contributed by atoms with E-state index in [0.717, 1.165) is 0 Å². The summed E-state index contributed by atoms with van der Waals surface area (Å²) in [6.45, 7) is 0. The molecule has 1 amide bonds. The highest BCUT2D eigenvalue weighted by atomic mass is 16.6. The predicted octanol–water partition coefficient (Wildman–Crippen LogP) is 2.65. The number of amides is 1. The van der Waals surface area contributed by atoms with E-state index in [1.165, 1.54) is 12.1 Å². The summed E-state index contributed by atoms with van der Waals surface area (Å²) >= 11 is 0. The fourth-order valence-electron chi connectivity index (χ4n) is 1.75. The topological polar surface area (TPSA) is 96.0 Å². The minimum Gasteiger partial charge on any atom is -0.326 e. The van der Waals surface area contributed by atoms with E-state index >= 15 is 0 Å². The van der Waals surface area contributed by atoms with E-state index in [9.17, 15) is 14.9 Å². The Balaban J connectivity index is 1.97. The van der Waals surface area contributed by atoms with Gasteiger partial charge >= 0.3 is 0 Å². The van der Waals surface area contributed by atoms with E-state index in [2.05, 4.69) is 5.32 Å². The fraction of sp³-hybridized carbons (Fsp3) is 0.0667. The summed E-state index contributed by atoms with van der Waals surface area (Å²) in [5, 5.41) is 21.9. The summed E-state index contributed by atoms with van der Waals surface area (Å²) in [6.07, 6.45) is 0.123. The normalized spacial score (nSPS) is 9.67. The van der Waals surface area contributed by atoms with Crippen molar-refractivity contribution in [2.45, 2.75) is 6.42 Å². The maximum absolute atomic E-state index is 11.8. The molecule has 0 atom stereocenters. The fourth-order valence-corrected chi connectivity index (χ4v) is 1.75. The van der Waals surface area contributed by atoms with E-state index in [1.54, 1.807) is 36.4 Å². The van der Waals surface area contributed by atoms with Crippen molar-refractivity contribution in [2.75, 3.05) is 5.32 Å². The van der Waals surface area contributed by atoms with Crippen LogP contribution in [-0.2, 0) is 11.2 Å². The number of benzene rings is 2. The molecule has 0 aliphatic carbocycles. The number of nitriles is 1. The third kappa shape index (κ3) is 3.88. The van der Waals surface area contributed by atoms with Crippen molar-refractivity contribution in [2.24, 2.45) is 0 Å². The van der Waals surface area contributed by atoms with Crippen LogP contribution in [0.1, 0.15) is 11.1 Å². The number of nitro benzene ring substituents is 1. The molecule has 0 fully saturated rings. The molecular weight excluding hydrogens is 270 g/mol. The number of rotatable bonds is 4. The highest BCUT2D eigenvalue weighted by Crippen LogP contribution is 2.13. The molecule has 0 aliphatic heterocycles. The van der Waals surface area contributed by atoms with E-state index < -0.39 is 4.92 Å². The molecule has 0 spiro atoms. The molecule has 0 aliphatic rings. The van der Waals surface area contributed by atoms with Gasteiger partial charge in [-0.1, -0.05) is 12.1 Å². The summed E-state index contributed by atoms with van der Waals surface area (Å²) < 4.78 is 0. The van der Waals surface area contributed by atoms with Crippen molar-refractivity contribution >= 4 is 17.3 Å². The molecule has 0 saturated carbocycles. The van der Waals surface area contributed by atoms with Crippen molar-refractivity contribution in [1.29, 1.82) is 5.26 Å². The van der Waals surface area contributed by atoms with Gasteiger partial charge in [0, 0.05) is 17.8 Å². The van der Waals surface area contributed by atoms with E-state index in [-0.39, 0.29) is 18.0 Å². The summed E-state index contributed by atoms with van der Waals surface area (Å²) in [4.78, 5) is 21.9.